The van der Waals surface area contributed by atoms with Gasteiger partial charge < -0.3 is 19.5 Å². The topological polar surface area (TPSA) is 129 Å². The van der Waals surface area contributed by atoms with Crippen LogP contribution < -0.4 is 15.0 Å². The van der Waals surface area contributed by atoms with E-state index in [2.05, 4.69) is 37.1 Å². The summed E-state index contributed by atoms with van der Waals surface area (Å²) in [5.74, 6) is 6.53. The molecule has 3 heterocycles. The van der Waals surface area contributed by atoms with Gasteiger partial charge in [-0.1, -0.05) is 23.7 Å². The molecule has 3 aromatic heterocycles. The van der Waals surface area contributed by atoms with Gasteiger partial charge in [-0.15, -0.1) is 11.3 Å². The standard InChI is InChI=1S/C35H32ClFN6O5S/c1-34(2,3)47-32(44)43(33(45)48-35(4,5)6)29-18-38-17-24(41-29)10-12-25-16-26-30(39-20-40-31(26)49-25)42-23-11-13-28(27(36)15-23)46-19-21-8-7-9-22(37)14-21/h7-9,11,13-18,20H,19H2,1-6H3,(H,39,40,42). The van der Waals surface area contributed by atoms with E-state index in [9.17, 15) is 14.0 Å². The zero-order chi connectivity index (χ0) is 35.3. The number of hydrogen-bond acceptors (Lipinski definition) is 11. The second kappa shape index (κ2) is 14.4. The molecule has 14 heteroatoms. The van der Waals surface area contributed by atoms with Gasteiger partial charge >= 0.3 is 12.2 Å². The number of anilines is 3. The molecule has 0 saturated heterocycles. The van der Waals surface area contributed by atoms with Crippen molar-refractivity contribution >= 4 is 62.7 Å². The van der Waals surface area contributed by atoms with Gasteiger partial charge in [0.15, 0.2) is 5.82 Å². The fourth-order valence-electron chi connectivity index (χ4n) is 4.16. The highest BCUT2D eigenvalue weighted by molar-refractivity contribution is 7.19. The maximum Gasteiger partial charge on any atom is 0.425 e. The van der Waals surface area contributed by atoms with E-state index in [-0.39, 0.29) is 23.9 Å². The molecule has 0 aliphatic rings. The van der Waals surface area contributed by atoms with Crippen LogP contribution in [0.5, 0.6) is 5.75 Å². The highest BCUT2D eigenvalue weighted by Gasteiger charge is 2.34. The molecule has 0 bridgehead atoms. The number of ether oxygens (including phenoxy) is 3. The van der Waals surface area contributed by atoms with Crippen LogP contribution in [-0.2, 0) is 16.1 Å². The van der Waals surface area contributed by atoms with E-state index in [0.29, 0.717) is 42.4 Å². The number of benzene rings is 2. The molecule has 0 aliphatic heterocycles. The van der Waals surface area contributed by atoms with Crippen LogP contribution in [0.2, 0.25) is 5.02 Å². The Labute approximate surface area is 291 Å². The van der Waals surface area contributed by atoms with Crippen LogP contribution in [0.1, 0.15) is 57.7 Å². The van der Waals surface area contributed by atoms with Crippen LogP contribution in [0.4, 0.5) is 31.3 Å². The Balaban J connectivity index is 1.34. The lowest BCUT2D eigenvalue weighted by Gasteiger charge is -2.27. The summed E-state index contributed by atoms with van der Waals surface area (Å²) in [5, 5.41) is 4.35. The largest absolute Gasteiger partial charge is 0.487 e. The Bertz CT molecular complexity index is 2050. The molecule has 252 valence electrons. The predicted octanol–water partition coefficient (Wildman–Crippen LogP) is 8.67. The van der Waals surface area contributed by atoms with Crippen LogP contribution in [-0.4, -0.2) is 43.3 Å². The minimum Gasteiger partial charge on any atom is -0.487 e. The van der Waals surface area contributed by atoms with Gasteiger partial charge in [-0.3, -0.25) is 4.98 Å². The number of fused-ring (bicyclic) bond motifs is 1. The summed E-state index contributed by atoms with van der Waals surface area (Å²) < 4.78 is 30.1. The highest BCUT2D eigenvalue weighted by Crippen LogP contribution is 2.33. The average Bonchev–Trinajstić information content (AvgIpc) is 3.42. The third kappa shape index (κ3) is 9.62. The second-order valence-electron chi connectivity index (χ2n) is 12.5. The Morgan fingerprint density at radius 2 is 1.69 bits per heavy atom. The third-order valence-electron chi connectivity index (χ3n) is 6.12. The van der Waals surface area contributed by atoms with Crippen molar-refractivity contribution in [2.75, 3.05) is 10.2 Å². The summed E-state index contributed by atoms with van der Waals surface area (Å²) in [7, 11) is 0. The summed E-state index contributed by atoms with van der Waals surface area (Å²) in [6, 6.07) is 13.2. The molecule has 0 unspecified atom stereocenters. The van der Waals surface area contributed by atoms with Gasteiger partial charge in [0.05, 0.1) is 27.7 Å². The third-order valence-corrected chi connectivity index (χ3v) is 7.38. The lowest BCUT2D eigenvalue weighted by molar-refractivity contribution is 0.0429. The van der Waals surface area contributed by atoms with Crippen LogP contribution in [0.3, 0.4) is 0 Å². The number of thiophene rings is 1. The van der Waals surface area contributed by atoms with E-state index in [0.717, 1.165) is 5.39 Å². The van der Waals surface area contributed by atoms with Crippen LogP contribution in [0.15, 0.2) is 67.3 Å². The summed E-state index contributed by atoms with van der Waals surface area (Å²) in [5.41, 5.74) is -0.217. The molecule has 49 heavy (non-hydrogen) atoms. The maximum absolute atomic E-state index is 13.5. The molecular formula is C35H32ClFN6O5S. The minimum atomic E-state index is -0.961. The molecule has 0 aliphatic carbocycles. The van der Waals surface area contributed by atoms with Gasteiger partial charge in [0, 0.05) is 5.69 Å². The van der Waals surface area contributed by atoms with E-state index < -0.39 is 23.4 Å². The molecule has 0 radical (unpaired) electrons. The molecule has 0 saturated carbocycles. The molecule has 0 spiro atoms. The van der Waals surface area contributed by atoms with Crippen LogP contribution >= 0.6 is 22.9 Å². The predicted molar refractivity (Wildman–Crippen MR) is 186 cm³/mol. The number of rotatable bonds is 6. The maximum atomic E-state index is 13.5. The number of imide groups is 1. The van der Waals surface area contributed by atoms with Gasteiger partial charge in [-0.05, 0) is 95.3 Å². The summed E-state index contributed by atoms with van der Waals surface area (Å²) in [6.45, 7) is 10.3. The first-order valence-electron chi connectivity index (χ1n) is 14.9. The number of nitrogens with zero attached hydrogens (tertiary/aromatic N) is 5. The van der Waals surface area contributed by atoms with E-state index in [4.69, 9.17) is 25.8 Å². The van der Waals surface area contributed by atoms with E-state index in [1.54, 1.807) is 71.9 Å². The van der Waals surface area contributed by atoms with Crippen molar-refractivity contribution in [2.24, 2.45) is 0 Å². The van der Waals surface area contributed by atoms with Crippen molar-refractivity contribution < 1.29 is 28.2 Å². The quantitative estimate of drug-likeness (QED) is 0.172. The Hall–Kier alpha value is -5.32. The first-order valence-corrected chi connectivity index (χ1v) is 16.1. The lowest BCUT2D eigenvalue weighted by Crippen LogP contribution is -2.44. The first kappa shape index (κ1) is 35.0. The van der Waals surface area contributed by atoms with Crippen molar-refractivity contribution in [1.29, 1.82) is 0 Å². The number of carbonyl (C=O) groups is 2. The molecule has 5 rings (SSSR count). The number of aromatic nitrogens is 4. The molecule has 11 nitrogen and oxygen atoms in total. The van der Waals surface area contributed by atoms with Crippen molar-refractivity contribution in [3.63, 3.8) is 0 Å². The number of carbonyl (C=O) groups excluding carboxylic acids is 2. The van der Waals surface area contributed by atoms with Gasteiger partial charge in [0.2, 0.25) is 0 Å². The molecule has 0 fully saturated rings. The molecule has 0 atom stereocenters. The Kier molecular flexibility index (Phi) is 10.3. The summed E-state index contributed by atoms with van der Waals surface area (Å²) >= 11 is 7.82. The fourth-order valence-corrected chi connectivity index (χ4v) is 5.25. The molecular weight excluding hydrogens is 671 g/mol. The van der Waals surface area contributed by atoms with Gasteiger partial charge in [-0.25, -0.2) is 28.9 Å². The van der Waals surface area contributed by atoms with Crippen LogP contribution in [0, 0.1) is 17.7 Å². The molecule has 5 aromatic rings. The fraction of sp³-hybridized carbons (Fsp3) is 0.257. The SMILES string of the molecule is CC(C)(C)OC(=O)N(C(=O)OC(C)(C)C)c1cncc(C#Cc2cc3c(Nc4ccc(OCc5cccc(F)c5)c(Cl)c4)ncnc3s2)n1. The minimum absolute atomic E-state index is 0.104. The van der Waals surface area contributed by atoms with Crippen molar-refractivity contribution in [3.05, 3.63) is 94.2 Å². The average molecular weight is 703 g/mol. The second-order valence-corrected chi connectivity index (χ2v) is 14.0. The Morgan fingerprint density at radius 1 is 0.959 bits per heavy atom. The molecule has 2 aromatic carbocycles. The number of amides is 2. The molecule has 2 amide bonds. The van der Waals surface area contributed by atoms with E-state index in [1.807, 2.05) is 6.07 Å². The van der Waals surface area contributed by atoms with Gasteiger partial charge in [0.1, 0.15) is 52.0 Å². The number of hydrogen-bond donors (Lipinski definition) is 1. The number of halogens is 2. The normalized spacial score (nSPS) is 11.3. The van der Waals surface area contributed by atoms with Crippen molar-refractivity contribution in [2.45, 2.75) is 59.4 Å². The Morgan fingerprint density at radius 3 is 2.37 bits per heavy atom. The zero-order valence-corrected chi connectivity index (χ0v) is 29.1. The van der Waals surface area contributed by atoms with Crippen molar-refractivity contribution in [3.8, 4) is 17.6 Å². The smallest absolute Gasteiger partial charge is 0.425 e. The van der Waals surface area contributed by atoms with E-state index in [1.165, 1.54) is 42.2 Å². The summed E-state index contributed by atoms with van der Waals surface area (Å²) in [4.78, 5) is 45.4. The summed E-state index contributed by atoms with van der Waals surface area (Å²) in [6.07, 6.45) is 2.18. The lowest BCUT2D eigenvalue weighted by atomic mass is 10.2. The zero-order valence-electron chi connectivity index (χ0n) is 27.5. The number of nitrogens with one attached hydrogen (secondary N) is 1. The van der Waals surface area contributed by atoms with Gasteiger partial charge in [0.25, 0.3) is 0 Å². The monoisotopic (exact) mass is 702 g/mol. The molecule has 1 N–H and O–H groups in total. The first-order chi connectivity index (χ1) is 23.1. The van der Waals surface area contributed by atoms with Crippen molar-refractivity contribution in [1.82, 2.24) is 19.9 Å². The van der Waals surface area contributed by atoms with Crippen LogP contribution in [0.25, 0.3) is 10.2 Å². The van der Waals surface area contributed by atoms with E-state index >= 15 is 0 Å². The van der Waals surface area contributed by atoms with Gasteiger partial charge in [-0.2, -0.15) is 4.90 Å². The highest BCUT2D eigenvalue weighted by atomic mass is 35.5.